The predicted octanol–water partition coefficient (Wildman–Crippen LogP) is 10.5. The van der Waals surface area contributed by atoms with E-state index in [4.69, 9.17) is 17.0 Å². The Morgan fingerprint density at radius 1 is 0.778 bits per heavy atom. The first-order chi connectivity index (χ1) is 17.6. The number of fused-ring (bicyclic) bond motifs is 1. The molecule has 0 N–H and O–H groups in total. The molecular weight excluding hydrogens is 558 g/mol. The number of hydrogen-bond donors (Lipinski definition) is 0. The molecule has 0 aromatic heterocycles. The van der Waals surface area contributed by atoms with Gasteiger partial charge >= 0.3 is 235 Å². The molecule has 0 aliphatic heterocycles. The Bertz CT molecular complexity index is 1100. The molecule has 189 valence electrons. The Kier molecular flexibility index (Phi) is 6.85. The Labute approximate surface area is 233 Å². The second-order valence-corrected chi connectivity index (χ2v) is 21.9. The van der Waals surface area contributed by atoms with E-state index in [2.05, 4.69) is 48.5 Å². The van der Waals surface area contributed by atoms with Crippen molar-refractivity contribution in [2.75, 3.05) is 0 Å². The van der Waals surface area contributed by atoms with E-state index in [0.29, 0.717) is 9.04 Å². The monoisotopic (exact) mass is 595 g/mol. The van der Waals surface area contributed by atoms with Gasteiger partial charge in [-0.05, 0) is 0 Å². The van der Waals surface area contributed by atoms with Gasteiger partial charge in [0.2, 0.25) is 0 Å². The first kappa shape index (κ1) is 24.7. The third-order valence-corrected chi connectivity index (χ3v) is 16.0. The summed E-state index contributed by atoms with van der Waals surface area (Å²) < 4.78 is 0.334. The molecule has 0 heterocycles. The van der Waals surface area contributed by atoms with Crippen LogP contribution in [0, 0.1) is 23.7 Å². The predicted molar refractivity (Wildman–Crippen MR) is 150 cm³/mol. The fourth-order valence-corrected chi connectivity index (χ4v) is 14.9. The van der Waals surface area contributed by atoms with Gasteiger partial charge in [0.1, 0.15) is 0 Å². The van der Waals surface area contributed by atoms with Crippen LogP contribution in [0.4, 0.5) is 0 Å². The molecule has 5 saturated carbocycles. The third kappa shape index (κ3) is 4.46. The Morgan fingerprint density at radius 3 is 2.03 bits per heavy atom. The zero-order valence-electron chi connectivity index (χ0n) is 21.5. The molecule has 2 aromatic rings. The van der Waals surface area contributed by atoms with Crippen LogP contribution >= 0.6 is 17.0 Å². The Morgan fingerprint density at radius 2 is 1.42 bits per heavy atom. The number of rotatable bonds is 5. The second kappa shape index (κ2) is 9.99. The van der Waals surface area contributed by atoms with E-state index < -0.39 is 19.4 Å². The van der Waals surface area contributed by atoms with Crippen molar-refractivity contribution in [3.8, 4) is 11.1 Å². The van der Waals surface area contributed by atoms with Crippen LogP contribution in [0.3, 0.4) is 0 Å². The van der Waals surface area contributed by atoms with Crippen molar-refractivity contribution in [3.05, 3.63) is 64.7 Å². The first-order valence-corrected chi connectivity index (χ1v) is 22.4. The Balaban J connectivity index is 1.19. The molecule has 2 aromatic carbocycles. The van der Waals surface area contributed by atoms with Crippen LogP contribution in [0.15, 0.2) is 48.0 Å². The molecule has 0 spiro atoms. The van der Waals surface area contributed by atoms with Crippen molar-refractivity contribution in [1.82, 2.24) is 0 Å². The van der Waals surface area contributed by atoms with Gasteiger partial charge in [0, 0.05) is 0 Å². The molecule has 6 aliphatic rings. The fourth-order valence-electron chi connectivity index (χ4n) is 9.52. The number of hydrogen-bond acceptors (Lipinski definition) is 0. The van der Waals surface area contributed by atoms with Crippen molar-refractivity contribution in [2.24, 2.45) is 23.7 Å². The SMILES string of the molecule is [Cl][Zr]([Cl])[CH]1C(CC2CCCCCC2)=Cc2c(-c3ccc(C45CC6CC(CC(C6)C4)C5)cc3)cccc21. The molecule has 6 aliphatic carbocycles. The van der Waals surface area contributed by atoms with Crippen molar-refractivity contribution in [2.45, 2.75) is 92.5 Å². The van der Waals surface area contributed by atoms with E-state index in [-0.39, 0.29) is 0 Å². The average molecular weight is 598 g/mol. The van der Waals surface area contributed by atoms with Gasteiger partial charge in [0.25, 0.3) is 0 Å². The summed E-state index contributed by atoms with van der Waals surface area (Å²) in [6.07, 6.45) is 20.9. The zero-order valence-corrected chi connectivity index (χ0v) is 25.4. The van der Waals surface area contributed by atoms with Gasteiger partial charge in [-0.15, -0.1) is 0 Å². The summed E-state index contributed by atoms with van der Waals surface area (Å²) in [7, 11) is 13.7. The molecule has 36 heavy (non-hydrogen) atoms. The van der Waals surface area contributed by atoms with E-state index in [9.17, 15) is 0 Å². The summed E-state index contributed by atoms with van der Waals surface area (Å²) in [6.45, 7) is 0. The zero-order chi connectivity index (χ0) is 24.3. The fraction of sp³-hybridized carbons (Fsp3) is 0.576. The van der Waals surface area contributed by atoms with E-state index >= 15 is 0 Å². The molecule has 5 fully saturated rings. The summed E-state index contributed by atoms with van der Waals surface area (Å²) in [4.78, 5) is 0. The van der Waals surface area contributed by atoms with E-state index in [1.165, 1.54) is 106 Å². The summed E-state index contributed by atoms with van der Waals surface area (Å²) >= 11 is -2.50. The van der Waals surface area contributed by atoms with Crippen LogP contribution in [0.5, 0.6) is 0 Å². The quantitative estimate of drug-likeness (QED) is 0.301. The second-order valence-electron chi connectivity index (χ2n) is 13.1. The van der Waals surface area contributed by atoms with Gasteiger partial charge in [0.05, 0.1) is 0 Å². The van der Waals surface area contributed by atoms with E-state index in [0.717, 1.165) is 23.7 Å². The number of allylic oxidation sites excluding steroid dienone is 1. The number of benzene rings is 2. The average Bonchev–Trinajstić information content (AvgIpc) is 3.03. The van der Waals surface area contributed by atoms with Crippen molar-refractivity contribution in [1.29, 1.82) is 0 Å². The summed E-state index contributed by atoms with van der Waals surface area (Å²) in [5.74, 6) is 3.79. The minimum absolute atomic E-state index is 0.334. The van der Waals surface area contributed by atoms with Crippen molar-refractivity contribution in [3.63, 3.8) is 0 Å². The summed E-state index contributed by atoms with van der Waals surface area (Å²) in [5, 5.41) is 0. The summed E-state index contributed by atoms with van der Waals surface area (Å²) in [5.41, 5.74) is 9.21. The van der Waals surface area contributed by atoms with Crippen LogP contribution in [0.2, 0.25) is 0 Å². The molecule has 0 amide bonds. The Hall–Kier alpha value is -0.357. The van der Waals surface area contributed by atoms with E-state index in [1.54, 1.807) is 11.1 Å². The maximum absolute atomic E-state index is 6.85. The van der Waals surface area contributed by atoms with Gasteiger partial charge in [-0.1, -0.05) is 0 Å². The normalized spacial score (nSPS) is 33.3. The molecular formula is C33H39Cl2Zr. The van der Waals surface area contributed by atoms with Crippen LogP contribution in [0.1, 0.15) is 104 Å². The van der Waals surface area contributed by atoms with Crippen LogP contribution in [0.25, 0.3) is 17.2 Å². The van der Waals surface area contributed by atoms with E-state index in [1.807, 2.05) is 0 Å². The molecule has 3 heteroatoms. The van der Waals surface area contributed by atoms with Gasteiger partial charge in [-0.2, -0.15) is 0 Å². The molecule has 4 bridgehead atoms. The molecule has 1 atom stereocenters. The van der Waals surface area contributed by atoms with Gasteiger partial charge in [-0.3, -0.25) is 0 Å². The minimum atomic E-state index is -2.50. The van der Waals surface area contributed by atoms with Crippen LogP contribution in [-0.4, -0.2) is 0 Å². The van der Waals surface area contributed by atoms with Gasteiger partial charge < -0.3 is 0 Å². The molecule has 0 saturated heterocycles. The van der Waals surface area contributed by atoms with Gasteiger partial charge in [-0.25, -0.2) is 0 Å². The molecule has 8 rings (SSSR count). The third-order valence-electron chi connectivity index (χ3n) is 10.7. The van der Waals surface area contributed by atoms with Crippen molar-refractivity contribution >= 4 is 23.1 Å². The van der Waals surface area contributed by atoms with Gasteiger partial charge in [0.15, 0.2) is 0 Å². The van der Waals surface area contributed by atoms with Crippen LogP contribution in [-0.2, 0) is 24.8 Å². The molecule has 0 nitrogen and oxygen atoms in total. The topological polar surface area (TPSA) is 0 Å². The standard InChI is InChI=1S/C33H39.2ClH.Zr/c1-2-4-7-23(6-3-1)14-24-18-29-8-5-9-31(32(29)19-24)28-10-12-30(13-11-28)33-20-25-15-26(21-33)17-27(16-25)22-33;;;/h5,8-13,18-19,23,25-27H,1-4,6-7,14-17,20-22H2;2*1H;/q;;;+2/p-2. The van der Waals surface area contributed by atoms with Crippen molar-refractivity contribution < 1.29 is 19.4 Å². The summed E-state index contributed by atoms with van der Waals surface area (Å²) in [6, 6.07) is 16.7. The number of halogens is 2. The van der Waals surface area contributed by atoms with Crippen LogP contribution < -0.4 is 0 Å². The maximum atomic E-state index is 6.85. The first-order valence-electron chi connectivity index (χ1n) is 14.7. The molecule has 0 radical (unpaired) electrons. The molecule has 1 unspecified atom stereocenters.